The fourth-order valence-corrected chi connectivity index (χ4v) is 2.84. The lowest BCUT2D eigenvalue weighted by atomic mass is 9.99. The third kappa shape index (κ3) is 3.03. The van der Waals surface area contributed by atoms with E-state index in [-0.39, 0.29) is 31.0 Å². The molecule has 2 rings (SSSR count). The van der Waals surface area contributed by atoms with Crippen LogP contribution >= 0.6 is 0 Å². The van der Waals surface area contributed by atoms with Crippen molar-refractivity contribution in [3.63, 3.8) is 0 Å². The fourth-order valence-electron chi connectivity index (χ4n) is 2.84. The smallest absolute Gasteiger partial charge is 0.109 e. The summed E-state index contributed by atoms with van der Waals surface area (Å²) in [7, 11) is 0. The van der Waals surface area contributed by atoms with Crippen LogP contribution in [0.1, 0.15) is 39.0 Å². The summed E-state index contributed by atoms with van der Waals surface area (Å²) < 4.78 is 11.2. The first-order valence-corrected chi connectivity index (χ1v) is 6.93. The zero-order valence-corrected chi connectivity index (χ0v) is 10.9. The number of hydrogen-bond acceptors (Lipinski definition) is 5. The first-order chi connectivity index (χ1) is 8.65. The summed E-state index contributed by atoms with van der Waals surface area (Å²) in [4.78, 5) is 0. The second-order valence-electron chi connectivity index (χ2n) is 5.32. The van der Waals surface area contributed by atoms with Crippen LogP contribution in [0.15, 0.2) is 0 Å². The Morgan fingerprint density at radius 2 is 1.44 bits per heavy atom. The minimum absolute atomic E-state index is 0.0306. The molecule has 18 heavy (non-hydrogen) atoms. The molecule has 5 nitrogen and oxygen atoms in total. The van der Waals surface area contributed by atoms with Gasteiger partial charge in [0.05, 0.1) is 31.0 Å². The van der Waals surface area contributed by atoms with Crippen molar-refractivity contribution in [2.45, 2.75) is 75.7 Å². The molecular formula is C13H24O5. The molecule has 6 unspecified atom stereocenters. The Balaban J connectivity index is 1.83. The van der Waals surface area contributed by atoms with Gasteiger partial charge in [-0.25, -0.2) is 0 Å². The van der Waals surface area contributed by atoms with Crippen molar-refractivity contribution in [2.75, 3.05) is 6.61 Å². The monoisotopic (exact) mass is 260 g/mol. The molecule has 2 saturated heterocycles. The molecule has 5 heteroatoms. The van der Waals surface area contributed by atoms with E-state index in [9.17, 15) is 10.2 Å². The summed E-state index contributed by atoms with van der Waals surface area (Å²) in [5.74, 6) is 0. The highest BCUT2D eigenvalue weighted by Gasteiger charge is 2.40. The normalized spacial score (nSPS) is 40.0. The Morgan fingerprint density at radius 1 is 0.944 bits per heavy atom. The lowest BCUT2D eigenvalue weighted by Crippen LogP contribution is -2.44. The lowest BCUT2D eigenvalue weighted by Gasteiger charge is -2.27. The second kappa shape index (κ2) is 6.30. The molecule has 2 fully saturated rings. The van der Waals surface area contributed by atoms with Crippen LogP contribution in [0.3, 0.4) is 0 Å². The van der Waals surface area contributed by atoms with E-state index in [1.807, 2.05) is 0 Å². The molecule has 0 saturated carbocycles. The Hall–Kier alpha value is -0.200. The van der Waals surface area contributed by atoms with E-state index in [0.29, 0.717) is 6.42 Å². The lowest BCUT2D eigenvalue weighted by molar-refractivity contribution is -0.133. The molecule has 0 bridgehead atoms. The highest BCUT2D eigenvalue weighted by Crippen LogP contribution is 2.29. The highest BCUT2D eigenvalue weighted by atomic mass is 16.5. The van der Waals surface area contributed by atoms with Gasteiger partial charge in [0.25, 0.3) is 0 Å². The molecule has 0 aromatic carbocycles. The molecule has 2 aliphatic heterocycles. The van der Waals surface area contributed by atoms with Gasteiger partial charge in [0.2, 0.25) is 0 Å². The molecule has 0 aliphatic carbocycles. The van der Waals surface area contributed by atoms with E-state index in [0.717, 1.165) is 25.7 Å². The zero-order valence-electron chi connectivity index (χ0n) is 10.9. The number of hydrogen-bond donors (Lipinski definition) is 3. The molecule has 0 spiro atoms. The molecule has 0 aromatic heterocycles. The van der Waals surface area contributed by atoms with Crippen molar-refractivity contribution < 1.29 is 24.8 Å². The number of aliphatic hydroxyl groups is 3. The number of ether oxygens (including phenoxy) is 2. The maximum Gasteiger partial charge on any atom is 0.109 e. The van der Waals surface area contributed by atoms with Crippen molar-refractivity contribution >= 4 is 0 Å². The van der Waals surface area contributed by atoms with Gasteiger partial charge in [-0.05, 0) is 32.1 Å². The summed E-state index contributed by atoms with van der Waals surface area (Å²) in [6, 6.07) is 0. The van der Waals surface area contributed by atoms with Crippen LogP contribution in [-0.2, 0) is 9.47 Å². The SMILES string of the molecule is CCC1CCC(C(O)C(O)C2CCC(CO)O2)O1. The van der Waals surface area contributed by atoms with Crippen LogP contribution in [0.2, 0.25) is 0 Å². The summed E-state index contributed by atoms with van der Waals surface area (Å²) in [5.41, 5.74) is 0. The van der Waals surface area contributed by atoms with Gasteiger partial charge in [-0.15, -0.1) is 0 Å². The van der Waals surface area contributed by atoms with Crippen LogP contribution in [0.5, 0.6) is 0 Å². The quantitative estimate of drug-likeness (QED) is 0.658. The first kappa shape index (κ1) is 14.2. The summed E-state index contributed by atoms with van der Waals surface area (Å²) in [5, 5.41) is 29.2. The van der Waals surface area contributed by atoms with E-state index in [4.69, 9.17) is 14.6 Å². The molecule has 0 amide bonds. The molecule has 0 aromatic rings. The van der Waals surface area contributed by atoms with E-state index in [1.54, 1.807) is 0 Å². The Morgan fingerprint density at radius 3 is 1.83 bits per heavy atom. The standard InChI is InChI=1S/C13H24O5/c1-2-8-3-5-10(17-8)12(15)13(16)11-6-4-9(7-14)18-11/h8-16H,2-7H2,1H3. The van der Waals surface area contributed by atoms with E-state index in [2.05, 4.69) is 6.92 Å². The van der Waals surface area contributed by atoms with Crippen molar-refractivity contribution in [3.8, 4) is 0 Å². The average Bonchev–Trinajstić information content (AvgIpc) is 3.05. The van der Waals surface area contributed by atoms with Crippen molar-refractivity contribution in [2.24, 2.45) is 0 Å². The third-order valence-electron chi connectivity index (χ3n) is 4.05. The summed E-state index contributed by atoms with van der Waals surface area (Å²) in [6.45, 7) is 2.03. The molecule has 106 valence electrons. The molecule has 2 heterocycles. The van der Waals surface area contributed by atoms with Crippen LogP contribution in [0.4, 0.5) is 0 Å². The molecule has 3 N–H and O–H groups in total. The van der Waals surface area contributed by atoms with Gasteiger partial charge in [-0.2, -0.15) is 0 Å². The van der Waals surface area contributed by atoms with E-state index >= 15 is 0 Å². The average molecular weight is 260 g/mol. The summed E-state index contributed by atoms with van der Waals surface area (Å²) >= 11 is 0. The Kier molecular flexibility index (Phi) is 4.98. The predicted octanol–water partition coefficient (Wildman–Crippen LogP) is 0.206. The first-order valence-electron chi connectivity index (χ1n) is 6.93. The van der Waals surface area contributed by atoms with Crippen LogP contribution in [0.25, 0.3) is 0 Å². The molecular weight excluding hydrogens is 236 g/mol. The van der Waals surface area contributed by atoms with Gasteiger partial charge >= 0.3 is 0 Å². The van der Waals surface area contributed by atoms with Crippen LogP contribution in [-0.4, -0.2) is 58.6 Å². The van der Waals surface area contributed by atoms with Crippen LogP contribution < -0.4 is 0 Å². The highest BCUT2D eigenvalue weighted by molar-refractivity contribution is 4.89. The van der Waals surface area contributed by atoms with Gasteiger partial charge < -0.3 is 24.8 Å². The van der Waals surface area contributed by atoms with Crippen molar-refractivity contribution in [1.29, 1.82) is 0 Å². The Bertz CT molecular complexity index is 234. The second-order valence-corrected chi connectivity index (χ2v) is 5.32. The van der Waals surface area contributed by atoms with Crippen molar-refractivity contribution in [1.82, 2.24) is 0 Å². The van der Waals surface area contributed by atoms with Crippen LogP contribution in [0, 0.1) is 0 Å². The van der Waals surface area contributed by atoms with E-state index < -0.39 is 12.2 Å². The minimum atomic E-state index is -0.929. The zero-order chi connectivity index (χ0) is 13.1. The van der Waals surface area contributed by atoms with Gasteiger partial charge in [-0.1, -0.05) is 6.92 Å². The number of aliphatic hydroxyl groups excluding tert-OH is 3. The van der Waals surface area contributed by atoms with Crippen molar-refractivity contribution in [3.05, 3.63) is 0 Å². The van der Waals surface area contributed by atoms with E-state index in [1.165, 1.54) is 0 Å². The van der Waals surface area contributed by atoms with Gasteiger partial charge in [-0.3, -0.25) is 0 Å². The Labute approximate surface area is 108 Å². The topological polar surface area (TPSA) is 79.2 Å². The molecule has 0 radical (unpaired) electrons. The van der Waals surface area contributed by atoms with Gasteiger partial charge in [0, 0.05) is 0 Å². The largest absolute Gasteiger partial charge is 0.394 e. The minimum Gasteiger partial charge on any atom is -0.394 e. The maximum atomic E-state index is 10.1. The fraction of sp³-hybridized carbons (Fsp3) is 1.00. The summed E-state index contributed by atoms with van der Waals surface area (Å²) in [6.07, 6.45) is 1.56. The third-order valence-corrected chi connectivity index (χ3v) is 4.05. The maximum absolute atomic E-state index is 10.1. The molecule has 2 aliphatic rings. The van der Waals surface area contributed by atoms with Gasteiger partial charge in [0.1, 0.15) is 12.2 Å². The molecule has 6 atom stereocenters. The predicted molar refractivity (Wildman–Crippen MR) is 65.2 cm³/mol. The number of rotatable bonds is 5. The van der Waals surface area contributed by atoms with Gasteiger partial charge in [0.15, 0.2) is 0 Å².